The fraction of sp³-hybridized carbons (Fsp3) is 0.133. The van der Waals surface area contributed by atoms with Gasteiger partial charge in [0.05, 0.1) is 12.2 Å². The zero-order valence-electron chi connectivity index (χ0n) is 10.0. The molecule has 0 aliphatic heterocycles. The van der Waals surface area contributed by atoms with Gasteiger partial charge in [0.15, 0.2) is 5.78 Å². The first-order valence-corrected chi connectivity index (χ1v) is 5.74. The maximum Gasteiger partial charge on any atom is 0.196 e. The lowest BCUT2D eigenvalue weighted by atomic mass is 10.0. The molecule has 0 saturated heterocycles. The van der Waals surface area contributed by atoms with E-state index in [2.05, 4.69) is 0 Å². The summed E-state index contributed by atoms with van der Waals surface area (Å²) in [4.78, 5) is 12.1. The van der Waals surface area contributed by atoms with E-state index < -0.39 is 5.82 Å². The summed E-state index contributed by atoms with van der Waals surface area (Å²) in [5.74, 6) is -0.237. The number of hydrogen-bond acceptors (Lipinski definition) is 2. The summed E-state index contributed by atoms with van der Waals surface area (Å²) in [5.41, 5.74) is 0.497. The zero-order valence-corrected chi connectivity index (χ0v) is 10.0. The van der Waals surface area contributed by atoms with Crippen LogP contribution in [0.15, 0.2) is 48.5 Å². The van der Waals surface area contributed by atoms with E-state index in [0.29, 0.717) is 17.9 Å². The third kappa shape index (κ3) is 2.56. The number of rotatable bonds is 4. The highest BCUT2D eigenvalue weighted by atomic mass is 19.1. The van der Waals surface area contributed by atoms with E-state index in [4.69, 9.17) is 4.74 Å². The summed E-state index contributed by atoms with van der Waals surface area (Å²) in [6.45, 7) is 2.39. The molecule has 0 atom stereocenters. The van der Waals surface area contributed by atoms with Gasteiger partial charge in [0.2, 0.25) is 0 Å². The van der Waals surface area contributed by atoms with E-state index in [1.165, 1.54) is 12.1 Å². The summed E-state index contributed by atoms with van der Waals surface area (Å²) >= 11 is 0. The number of carbonyl (C=O) groups excluding carboxylic acids is 1. The minimum Gasteiger partial charge on any atom is -0.494 e. The summed E-state index contributed by atoms with van der Waals surface area (Å²) < 4.78 is 18.8. The van der Waals surface area contributed by atoms with Crippen molar-refractivity contribution in [2.75, 3.05) is 6.61 Å². The second-order valence-electron chi connectivity index (χ2n) is 3.77. The highest BCUT2D eigenvalue weighted by Crippen LogP contribution is 2.18. The number of benzene rings is 2. The van der Waals surface area contributed by atoms with Crippen LogP contribution in [0.5, 0.6) is 5.75 Å². The molecule has 0 amide bonds. The largest absolute Gasteiger partial charge is 0.494 e. The van der Waals surface area contributed by atoms with Crippen LogP contribution in [0, 0.1) is 5.82 Å². The lowest BCUT2D eigenvalue weighted by Gasteiger charge is -2.06. The molecule has 18 heavy (non-hydrogen) atoms. The Labute approximate surface area is 105 Å². The standard InChI is InChI=1S/C15H13FO2/c1-2-18-12-7-5-6-11(10-12)15(17)13-8-3-4-9-14(13)16/h3-10H,2H2,1H3. The van der Waals surface area contributed by atoms with Gasteiger partial charge in [0.1, 0.15) is 11.6 Å². The van der Waals surface area contributed by atoms with Gasteiger partial charge >= 0.3 is 0 Å². The summed E-state index contributed by atoms with van der Waals surface area (Å²) in [7, 11) is 0. The Morgan fingerprint density at radius 3 is 2.67 bits per heavy atom. The Bertz CT molecular complexity index is 564. The molecule has 0 aliphatic carbocycles. The predicted octanol–water partition coefficient (Wildman–Crippen LogP) is 3.46. The molecule has 0 radical (unpaired) electrons. The average molecular weight is 244 g/mol. The maximum atomic E-state index is 13.5. The Kier molecular flexibility index (Phi) is 3.72. The minimum atomic E-state index is -0.510. The first-order valence-electron chi connectivity index (χ1n) is 5.74. The molecular weight excluding hydrogens is 231 g/mol. The van der Waals surface area contributed by atoms with Crippen LogP contribution < -0.4 is 4.74 Å². The van der Waals surface area contributed by atoms with Gasteiger partial charge in [-0.15, -0.1) is 0 Å². The molecule has 3 heteroatoms. The van der Waals surface area contributed by atoms with Crippen molar-refractivity contribution in [1.82, 2.24) is 0 Å². The highest BCUT2D eigenvalue weighted by molar-refractivity contribution is 6.09. The molecule has 92 valence electrons. The van der Waals surface area contributed by atoms with Crippen molar-refractivity contribution < 1.29 is 13.9 Å². The van der Waals surface area contributed by atoms with Gasteiger partial charge in [-0.2, -0.15) is 0 Å². The lowest BCUT2D eigenvalue weighted by molar-refractivity contribution is 0.103. The molecule has 0 aromatic heterocycles. The number of halogens is 1. The van der Waals surface area contributed by atoms with Gasteiger partial charge in [-0.25, -0.2) is 4.39 Å². The Morgan fingerprint density at radius 1 is 1.17 bits per heavy atom. The topological polar surface area (TPSA) is 26.3 Å². The molecule has 0 heterocycles. The van der Waals surface area contributed by atoms with Crippen LogP contribution in [0.2, 0.25) is 0 Å². The number of ether oxygens (including phenoxy) is 1. The SMILES string of the molecule is CCOc1cccc(C(=O)c2ccccc2F)c1. The van der Waals surface area contributed by atoms with Gasteiger partial charge in [0.25, 0.3) is 0 Å². The first-order chi connectivity index (χ1) is 8.72. The number of ketones is 1. The fourth-order valence-corrected chi connectivity index (χ4v) is 1.69. The van der Waals surface area contributed by atoms with Crippen LogP contribution in [-0.2, 0) is 0 Å². The normalized spacial score (nSPS) is 10.1. The van der Waals surface area contributed by atoms with E-state index >= 15 is 0 Å². The molecule has 0 N–H and O–H groups in total. The van der Waals surface area contributed by atoms with Crippen LogP contribution in [-0.4, -0.2) is 12.4 Å². The third-order valence-electron chi connectivity index (χ3n) is 2.53. The molecule has 0 bridgehead atoms. The van der Waals surface area contributed by atoms with Crippen molar-refractivity contribution in [2.45, 2.75) is 6.92 Å². The Morgan fingerprint density at radius 2 is 1.94 bits per heavy atom. The van der Waals surface area contributed by atoms with E-state index in [1.54, 1.807) is 36.4 Å². The van der Waals surface area contributed by atoms with E-state index in [1.807, 2.05) is 6.92 Å². The van der Waals surface area contributed by atoms with Crippen LogP contribution in [0.1, 0.15) is 22.8 Å². The molecule has 0 spiro atoms. The predicted molar refractivity (Wildman–Crippen MR) is 67.4 cm³/mol. The highest BCUT2D eigenvalue weighted by Gasteiger charge is 2.13. The van der Waals surface area contributed by atoms with Crippen molar-refractivity contribution in [3.63, 3.8) is 0 Å². The Balaban J connectivity index is 2.34. The molecule has 2 aromatic rings. The van der Waals surface area contributed by atoms with Crippen LogP contribution >= 0.6 is 0 Å². The molecule has 0 aliphatic rings. The van der Waals surface area contributed by atoms with Crippen LogP contribution in [0.4, 0.5) is 4.39 Å². The van der Waals surface area contributed by atoms with Crippen molar-refractivity contribution in [3.05, 3.63) is 65.5 Å². The molecule has 0 saturated carbocycles. The maximum absolute atomic E-state index is 13.5. The van der Waals surface area contributed by atoms with Crippen LogP contribution in [0.25, 0.3) is 0 Å². The van der Waals surface area contributed by atoms with Crippen LogP contribution in [0.3, 0.4) is 0 Å². The third-order valence-corrected chi connectivity index (χ3v) is 2.53. The van der Waals surface area contributed by atoms with Gasteiger partial charge in [0, 0.05) is 5.56 Å². The molecule has 2 rings (SSSR count). The van der Waals surface area contributed by atoms with Crippen molar-refractivity contribution >= 4 is 5.78 Å². The first kappa shape index (κ1) is 12.3. The zero-order chi connectivity index (χ0) is 13.0. The van der Waals surface area contributed by atoms with E-state index in [-0.39, 0.29) is 11.3 Å². The smallest absolute Gasteiger partial charge is 0.196 e. The fourth-order valence-electron chi connectivity index (χ4n) is 1.69. The lowest BCUT2D eigenvalue weighted by Crippen LogP contribution is -2.04. The molecule has 2 nitrogen and oxygen atoms in total. The minimum absolute atomic E-state index is 0.0751. The van der Waals surface area contributed by atoms with Crippen molar-refractivity contribution in [3.8, 4) is 5.75 Å². The second kappa shape index (κ2) is 5.45. The molecule has 0 fully saturated rings. The van der Waals surface area contributed by atoms with Gasteiger partial charge in [-0.1, -0.05) is 24.3 Å². The quantitative estimate of drug-likeness (QED) is 0.770. The Hall–Kier alpha value is -2.16. The summed E-state index contributed by atoms with van der Waals surface area (Å²) in [6.07, 6.45) is 0. The molecule has 0 unspecified atom stereocenters. The monoisotopic (exact) mass is 244 g/mol. The second-order valence-corrected chi connectivity index (χ2v) is 3.77. The molecular formula is C15H13FO2. The molecule has 2 aromatic carbocycles. The summed E-state index contributed by atoms with van der Waals surface area (Å²) in [6, 6.07) is 12.7. The van der Waals surface area contributed by atoms with Crippen molar-refractivity contribution in [1.29, 1.82) is 0 Å². The van der Waals surface area contributed by atoms with E-state index in [9.17, 15) is 9.18 Å². The van der Waals surface area contributed by atoms with Gasteiger partial charge in [-0.3, -0.25) is 4.79 Å². The van der Waals surface area contributed by atoms with E-state index in [0.717, 1.165) is 0 Å². The number of hydrogen-bond donors (Lipinski definition) is 0. The van der Waals surface area contributed by atoms with Crippen molar-refractivity contribution in [2.24, 2.45) is 0 Å². The van der Waals surface area contributed by atoms with Gasteiger partial charge < -0.3 is 4.74 Å². The average Bonchev–Trinajstić information content (AvgIpc) is 2.39. The number of carbonyl (C=O) groups is 1. The summed E-state index contributed by atoms with van der Waals surface area (Å²) in [5, 5.41) is 0. The van der Waals surface area contributed by atoms with Gasteiger partial charge in [-0.05, 0) is 31.2 Å².